The van der Waals surface area contributed by atoms with Crippen LogP contribution in [-0.4, -0.2) is 55.9 Å². The van der Waals surface area contributed by atoms with Gasteiger partial charge in [-0.3, -0.25) is 9.69 Å². The Morgan fingerprint density at radius 1 is 1.59 bits per heavy atom. The number of carbonyl (C=O) groups is 1. The van der Waals surface area contributed by atoms with Crippen molar-refractivity contribution < 1.29 is 14.3 Å². The second kappa shape index (κ2) is 4.92. The number of rotatable bonds is 4. The third-order valence-electron chi connectivity index (χ3n) is 3.68. The van der Waals surface area contributed by atoms with Crippen molar-refractivity contribution in [1.82, 2.24) is 4.90 Å². The molecule has 98 valence electrons. The van der Waals surface area contributed by atoms with Crippen molar-refractivity contribution in [3.63, 3.8) is 0 Å². The van der Waals surface area contributed by atoms with Crippen molar-refractivity contribution in [2.45, 2.75) is 31.4 Å². The molecule has 5 nitrogen and oxygen atoms in total. The van der Waals surface area contributed by atoms with Crippen LogP contribution < -0.4 is 5.73 Å². The Morgan fingerprint density at radius 3 is 2.82 bits per heavy atom. The highest BCUT2D eigenvalue weighted by Gasteiger charge is 2.50. The molecule has 2 aliphatic rings. The number of nitrogens with zero attached hydrogens (tertiary/aromatic N) is 1. The maximum Gasteiger partial charge on any atom is 0.327 e. The van der Waals surface area contributed by atoms with Gasteiger partial charge in [-0.25, -0.2) is 0 Å². The molecule has 0 amide bonds. The first-order valence-electron chi connectivity index (χ1n) is 6.27. The molecule has 2 atom stereocenters. The van der Waals surface area contributed by atoms with Crippen LogP contribution >= 0.6 is 0 Å². The minimum Gasteiger partial charge on any atom is -0.468 e. The molecule has 0 aromatic carbocycles. The fraction of sp³-hybridized carbons (Fsp3) is 0.917. The lowest BCUT2D eigenvalue weighted by atomic mass is 9.93. The van der Waals surface area contributed by atoms with Crippen molar-refractivity contribution >= 4 is 5.97 Å². The van der Waals surface area contributed by atoms with E-state index in [2.05, 4.69) is 4.90 Å². The molecule has 1 saturated carbocycles. The maximum absolute atomic E-state index is 11.9. The minimum atomic E-state index is -0.828. The summed E-state index contributed by atoms with van der Waals surface area (Å²) in [6, 6.07) is 0. The van der Waals surface area contributed by atoms with E-state index < -0.39 is 5.54 Å². The second-order valence-corrected chi connectivity index (χ2v) is 5.22. The van der Waals surface area contributed by atoms with Gasteiger partial charge in [0.25, 0.3) is 0 Å². The fourth-order valence-electron chi connectivity index (χ4n) is 2.55. The van der Waals surface area contributed by atoms with Gasteiger partial charge in [0.1, 0.15) is 5.54 Å². The molecular weight excluding hydrogens is 220 g/mol. The summed E-state index contributed by atoms with van der Waals surface area (Å²) in [7, 11) is 1.41. The predicted molar refractivity (Wildman–Crippen MR) is 63.5 cm³/mol. The van der Waals surface area contributed by atoms with Gasteiger partial charge in [0.05, 0.1) is 19.8 Å². The summed E-state index contributed by atoms with van der Waals surface area (Å²) >= 11 is 0. The monoisotopic (exact) mass is 242 g/mol. The molecular formula is C12H22N2O3. The highest BCUT2D eigenvalue weighted by molar-refractivity contribution is 5.81. The van der Waals surface area contributed by atoms with Gasteiger partial charge in [0.15, 0.2) is 0 Å². The van der Waals surface area contributed by atoms with E-state index in [0.717, 1.165) is 25.9 Å². The predicted octanol–water partition coefficient (Wildman–Crippen LogP) is -0.0124. The van der Waals surface area contributed by atoms with E-state index in [9.17, 15) is 4.79 Å². The largest absolute Gasteiger partial charge is 0.468 e. The third-order valence-corrected chi connectivity index (χ3v) is 3.68. The molecule has 0 bridgehead atoms. The van der Waals surface area contributed by atoms with E-state index in [1.807, 2.05) is 6.92 Å². The lowest BCUT2D eigenvalue weighted by Gasteiger charge is -2.37. The van der Waals surface area contributed by atoms with Crippen LogP contribution in [0, 0.1) is 5.92 Å². The highest BCUT2D eigenvalue weighted by atomic mass is 16.5. The van der Waals surface area contributed by atoms with E-state index in [1.165, 1.54) is 7.11 Å². The van der Waals surface area contributed by atoms with Crippen molar-refractivity contribution in [2.75, 3.05) is 33.4 Å². The van der Waals surface area contributed by atoms with Crippen LogP contribution in [0.5, 0.6) is 0 Å². The number of nitrogens with two attached hydrogens (primary N) is 1. The Bertz CT molecular complexity index is 293. The smallest absolute Gasteiger partial charge is 0.327 e. The zero-order valence-electron chi connectivity index (χ0n) is 10.6. The van der Waals surface area contributed by atoms with Gasteiger partial charge in [-0.1, -0.05) is 0 Å². The Morgan fingerprint density at radius 2 is 2.29 bits per heavy atom. The minimum absolute atomic E-state index is 0.213. The van der Waals surface area contributed by atoms with E-state index in [4.69, 9.17) is 15.2 Å². The zero-order valence-corrected chi connectivity index (χ0v) is 10.6. The SMILES string of the molecule is COC(=O)C(N)(CN1CCOC(C)C1)C1CC1. The van der Waals surface area contributed by atoms with Gasteiger partial charge in [0.2, 0.25) is 0 Å². The second-order valence-electron chi connectivity index (χ2n) is 5.22. The molecule has 0 spiro atoms. The molecule has 1 heterocycles. The zero-order chi connectivity index (χ0) is 12.5. The molecule has 0 aromatic heterocycles. The molecule has 2 rings (SSSR count). The number of carbonyl (C=O) groups excluding carboxylic acids is 1. The number of ether oxygens (including phenoxy) is 2. The van der Waals surface area contributed by atoms with Gasteiger partial charge in [-0.05, 0) is 25.7 Å². The first kappa shape index (κ1) is 12.8. The molecule has 5 heteroatoms. The number of hydrogen-bond acceptors (Lipinski definition) is 5. The lowest BCUT2D eigenvalue weighted by molar-refractivity contribution is -0.149. The van der Waals surface area contributed by atoms with Gasteiger partial charge in [0, 0.05) is 19.6 Å². The Labute approximate surface area is 102 Å². The van der Waals surface area contributed by atoms with Gasteiger partial charge >= 0.3 is 5.97 Å². The molecule has 1 aliphatic heterocycles. The van der Waals surface area contributed by atoms with Crippen molar-refractivity contribution in [3.05, 3.63) is 0 Å². The topological polar surface area (TPSA) is 64.8 Å². The van der Waals surface area contributed by atoms with E-state index >= 15 is 0 Å². The Kier molecular flexibility index (Phi) is 3.70. The van der Waals surface area contributed by atoms with Crippen LogP contribution in [0.15, 0.2) is 0 Å². The molecule has 2 N–H and O–H groups in total. The Balaban J connectivity index is 1.99. The van der Waals surface area contributed by atoms with Crippen LogP contribution in [0.3, 0.4) is 0 Å². The number of esters is 1. The average Bonchev–Trinajstić information content (AvgIpc) is 3.11. The number of morpholine rings is 1. The van der Waals surface area contributed by atoms with E-state index in [-0.39, 0.29) is 18.0 Å². The normalized spacial score (nSPS) is 29.7. The third kappa shape index (κ3) is 2.78. The van der Waals surface area contributed by atoms with Crippen LogP contribution in [-0.2, 0) is 14.3 Å². The first-order chi connectivity index (χ1) is 8.06. The molecule has 1 aliphatic carbocycles. The van der Waals surface area contributed by atoms with E-state index in [1.54, 1.807) is 0 Å². The van der Waals surface area contributed by atoms with Crippen LogP contribution in [0.25, 0.3) is 0 Å². The quantitative estimate of drug-likeness (QED) is 0.702. The van der Waals surface area contributed by atoms with Gasteiger partial charge < -0.3 is 15.2 Å². The molecule has 2 fully saturated rings. The maximum atomic E-state index is 11.9. The van der Waals surface area contributed by atoms with Crippen LogP contribution in [0.1, 0.15) is 19.8 Å². The van der Waals surface area contributed by atoms with Crippen LogP contribution in [0.2, 0.25) is 0 Å². The van der Waals surface area contributed by atoms with Crippen molar-refractivity contribution in [1.29, 1.82) is 0 Å². The molecule has 0 aromatic rings. The summed E-state index contributed by atoms with van der Waals surface area (Å²) in [6.45, 7) is 5.01. The summed E-state index contributed by atoms with van der Waals surface area (Å²) < 4.78 is 10.3. The highest BCUT2D eigenvalue weighted by Crippen LogP contribution is 2.39. The van der Waals surface area contributed by atoms with Gasteiger partial charge in [-0.15, -0.1) is 0 Å². The first-order valence-corrected chi connectivity index (χ1v) is 6.27. The summed E-state index contributed by atoms with van der Waals surface area (Å²) in [5.74, 6) is 0.00671. The van der Waals surface area contributed by atoms with Crippen LogP contribution in [0.4, 0.5) is 0 Å². The standard InChI is InChI=1S/C12H22N2O3/c1-9-7-14(5-6-17-9)8-12(13,10-3-4-10)11(15)16-2/h9-10H,3-8,13H2,1-2H3. The molecule has 1 saturated heterocycles. The molecule has 0 radical (unpaired) electrons. The lowest BCUT2D eigenvalue weighted by Crippen LogP contribution is -2.60. The Hall–Kier alpha value is -0.650. The molecule has 17 heavy (non-hydrogen) atoms. The summed E-state index contributed by atoms with van der Waals surface area (Å²) in [5.41, 5.74) is 5.45. The number of hydrogen-bond donors (Lipinski definition) is 1. The molecule has 2 unspecified atom stereocenters. The summed E-state index contributed by atoms with van der Waals surface area (Å²) in [6.07, 6.45) is 2.28. The van der Waals surface area contributed by atoms with Crippen molar-refractivity contribution in [2.24, 2.45) is 11.7 Å². The summed E-state index contributed by atoms with van der Waals surface area (Å²) in [5, 5.41) is 0. The summed E-state index contributed by atoms with van der Waals surface area (Å²) in [4.78, 5) is 14.1. The van der Waals surface area contributed by atoms with E-state index in [0.29, 0.717) is 13.2 Å². The average molecular weight is 242 g/mol. The number of methoxy groups -OCH3 is 1. The fourth-order valence-corrected chi connectivity index (χ4v) is 2.55. The van der Waals surface area contributed by atoms with Crippen molar-refractivity contribution in [3.8, 4) is 0 Å². The van der Waals surface area contributed by atoms with Gasteiger partial charge in [-0.2, -0.15) is 0 Å².